The SMILES string of the molecule is CCc1cccc2c1C(=O)N(CC(=O)O)S2(=O)=O. The van der Waals surface area contributed by atoms with Gasteiger partial charge in [-0.3, -0.25) is 9.59 Å². The molecule has 1 aromatic carbocycles. The summed E-state index contributed by atoms with van der Waals surface area (Å²) in [5, 5.41) is 8.67. The Labute approximate surface area is 104 Å². The zero-order valence-electron chi connectivity index (χ0n) is 9.58. The van der Waals surface area contributed by atoms with Crippen molar-refractivity contribution in [3.05, 3.63) is 29.3 Å². The Kier molecular flexibility index (Phi) is 2.86. The van der Waals surface area contributed by atoms with Crippen LogP contribution in [0, 0.1) is 0 Å². The summed E-state index contributed by atoms with van der Waals surface area (Å²) in [6.07, 6.45) is 0.505. The van der Waals surface area contributed by atoms with E-state index in [0.717, 1.165) is 0 Å². The Morgan fingerprint density at radius 2 is 2.06 bits per heavy atom. The third kappa shape index (κ3) is 1.67. The minimum atomic E-state index is -4.02. The lowest BCUT2D eigenvalue weighted by atomic mass is 10.0. The third-order valence-electron chi connectivity index (χ3n) is 2.78. The summed E-state index contributed by atoms with van der Waals surface area (Å²) in [5.74, 6) is -2.12. The van der Waals surface area contributed by atoms with Crippen molar-refractivity contribution >= 4 is 21.9 Å². The highest BCUT2D eigenvalue weighted by Crippen LogP contribution is 2.32. The molecule has 0 radical (unpaired) electrons. The van der Waals surface area contributed by atoms with E-state index in [2.05, 4.69) is 0 Å². The smallest absolute Gasteiger partial charge is 0.324 e. The first-order valence-electron chi connectivity index (χ1n) is 5.30. The van der Waals surface area contributed by atoms with Crippen molar-refractivity contribution in [2.75, 3.05) is 6.54 Å². The van der Waals surface area contributed by atoms with E-state index in [4.69, 9.17) is 5.11 Å². The molecule has 0 unspecified atom stereocenters. The second-order valence-corrected chi connectivity index (χ2v) is 5.69. The van der Waals surface area contributed by atoms with Crippen LogP contribution in [-0.4, -0.2) is 36.3 Å². The highest BCUT2D eigenvalue weighted by molar-refractivity contribution is 7.90. The predicted molar refractivity (Wildman–Crippen MR) is 61.7 cm³/mol. The maximum Gasteiger partial charge on any atom is 0.324 e. The number of fused-ring (bicyclic) bond motifs is 1. The van der Waals surface area contributed by atoms with Crippen molar-refractivity contribution < 1.29 is 23.1 Å². The van der Waals surface area contributed by atoms with Gasteiger partial charge in [0.15, 0.2) is 0 Å². The molecule has 6 nitrogen and oxygen atoms in total. The summed E-state index contributed by atoms with van der Waals surface area (Å²) in [7, 11) is -4.02. The van der Waals surface area contributed by atoms with Gasteiger partial charge in [-0.05, 0) is 18.1 Å². The highest BCUT2D eigenvalue weighted by Gasteiger charge is 2.43. The van der Waals surface area contributed by atoms with E-state index in [0.29, 0.717) is 16.3 Å². The standard InChI is InChI=1S/C11H11NO5S/c1-2-7-4-3-5-8-10(7)11(15)12(6-9(13)14)18(8,16)17/h3-5H,2,6H2,1H3,(H,13,14). The molecule has 0 saturated carbocycles. The number of carboxylic acid groups (broad SMARTS) is 1. The van der Waals surface area contributed by atoms with Crippen LogP contribution in [0.15, 0.2) is 23.1 Å². The molecule has 1 aliphatic rings. The number of hydrogen-bond donors (Lipinski definition) is 1. The zero-order chi connectivity index (χ0) is 13.5. The van der Waals surface area contributed by atoms with Crippen LogP contribution in [0.25, 0.3) is 0 Å². The fraction of sp³-hybridized carbons (Fsp3) is 0.273. The molecule has 0 aromatic heterocycles. The van der Waals surface area contributed by atoms with Crippen LogP contribution in [0.3, 0.4) is 0 Å². The second-order valence-electron chi connectivity index (χ2n) is 3.85. The van der Waals surface area contributed by atoms with Crippen molar-refractivity contribution in [2.45, 2.75) is 18.2 Å². The molecule has 1 N–H and O–H groups in total. The van der Waals surface area contributed by atoms with Crippen LogP contribution in [-0.2, 0) is 21.2 Å². The molecule has 0 aliphatic carbocycles. The zero-order valence-corrected chi connectivity index (χ0v) is 10.4. The van der Waals surface area contributed by atoms with Crippen molar-refractivity contribution in [2.24, 2.45) is 0 Å². The van der Waals surface area contributed by atoms with Crippen LogP contribution in [0.1, 0.15) is 22.8 Å². The first kappa shape index (κ1) is 12.6. The molecule has 0 spiro atoms. The van der Waals surface area contributed by atoms with Crippen LogP contribution < -0.4 is 0 Å². The molecule has 18 heavy (non-hydrogen) atoms. The summed E-state index contributed by atoms with van der Waals surface area (Å²) in [6.45, 7) is 0.953. The van der Waals surface area contributed by atoms with Crippen LogP contribution >= 0.6 is 0 Å². The first-order chi connectivity index (χ1) is 8.39. The number of carbonyl (C=O) groups excluding carboxylic acids is 1. The normalized spacial score (nSPS) is 16.7. The van der Waals surface area contributed by atoms with Crippen molar-refractivity contribution in [3.8, 4) is 0 Å². The summed E-state index contributed by atoms with van der Waals surface area (Å²) < 4.78 is 24.5. The van der Waals surface area contributed by atoms with Gasteiger partial charge in [-0.2, -0.15) is 0 Å². The minimum Gasteiger partial charge on any atom is -0.480 e. The van der Waals surface area contributed by atoms with Crippen LogP contribution in [0.4, 0.5) is 0 Å². The molecule has 1 heterocycles. The Hall–Kier alpha value is -1.89. The lowest BCUT2D eigenvalue weighted by Crippen LogP contribution is -2.34. The second kappa shape index (κ2) is 4.09. The molecule has 96 valence electrons. The largest absolute Gasteiger partial charge is 0.480 e. The number of hydrogen-bond acceptors (Lipinski definition) is 4. The fourth-order valence-electron chi connectivity index (χ4n) is 1.96. The number of benzene rings is 1. The number of rotatable bonds is 3. The van der Waals surface area contributed by atoms with Gasteiger partial charge in [0.05, 0.1) is 5.56 Å². The Morgan fingerprint density at radius 1 is 1.39 bits per heavy atom. The summed E-state index contributed by atoms with van der Waals surface area (Å²) >= 11 is 0. The van der Waals surface area contributed by atoms with E-state index in [1.807, 2.05) is 0 Å². The van der Waals surface area contributed by atoms with Gasteiger partial charge >= 0.3 is 5.97 Å². The highest BCUT2D eigenvalue weighted by atomic mass is 32.2. The maximum absolute atomic E-state index is 12.0. The maximum atomic E-state index is 12.0. The van der Waals surface area contributed by atoms with E-state index in [1.54, 1.807) is 19.1 Å². The van der Waals surface area contributed by atoms with Gasteiger partial charge < -0.3 is 5.11 Å². The molecule has 0 atom stereocenters. The molecule has 1 aliphatic heterocycles. The third-order valence-corrected chi connectivity index (χ3v) is 4.55. The average Bonchev–Trinajstić information content (AvgIpc) is 2.50. The Balaban J connectivity index is 2.64. The molecule has 0 saturated heterocycles. The molecule has 1 aromatic rings. The molecule has 1 amide bonds. The first-order valence-corrected chi connectivity index (χ1v) is 6.74. The predicted octanol–water partition coefficient (Wildman–Crippen LogP) is 0.478. The lowest BCUT2D eigenvalue weighted by Gasteiger charge is -2.11. The van der Waals surface area contributed by atoms with Gasteiger partial charge in [0.1, 0.15) is 11.4 Å². The lowest BCUT2D eigenvalue weighted by molar-refractivity contribution is -0.136. The van der Waals surface area contributed by atoms with Gasteiger partial charge in [0.2, 0.25) is 0 Å². The number of amides is 1. The monoisotopic (exact) mass is 269 g/mol. The Bertz CT molecular complexity index is 635. The fourth-order valence-corrected chi connectivity index (χ4v) is 3.52. The molecule has 0 bridgehead atoms. The van der Waals surface area contributed by atoms with Crippen LogP contribution in [0.2, 0.25) is 0 Å². The number of carboxylic acids is 1. The van der Waals surface area contributed by atoms with E-state index in [9.17, 15) is 18.0 Å². The van der Waals surface area contributed by atoms with Gasteiger partial charge in [-0.1, -0.05) is 19.1 Å². The summed E-state index contributed by atoms with van der Waals surface area (Å²) in [4.78, 5) is 22.5. The van der Waals surface area contributed by atoms with E-state index in [-0.39, 0.29) is 10.5 Å². The van der Waals surface area contributed by atoms with Gasteiger partial charge in [-0.15, -0.1) is 0 Å². The van der Waals surface area contributed by atoms with Gasteiger partial charge in [0, 0.05) is 0 Å². The number of sulfonamides is 1. The number of aryl methyl sites for hydroxylation is 1. The summed E-state index contributed by atoms with van der Waals surface area (Å²) in [5.41, 5.74) is 0.704. The number of nitrogens with zero attached hydrogens (tertiary/aromatic N) is 1. The van der Waals surface area contributed by atoms with Crippen LogP contribution in [0.5, 0.6) is 0 Å². The van der Waals surface area contributed by atoms with Gasteiger partial charge in [-0.25, -0.2) is 12.7 Å². The number of carbonyl (C=O) groups is 2. The van der Waals surface area contributed by atoms with E-state index in [1.165, 1.54) is 6.07 Å². The van der Waals surface area contributed by atoms with Crippen molar-refractivity contribution in [3.63, 3.8) is 0 Å². The number of aliphatic carboxylic acids is 1. The molecule has 0 fully saturated rings. The van der Waals surface area contributed by atoms with E-state index >= 15 is 0 Å². The minimum absolute atomic E-state index is 0.0984. The molecular formula is C11H11NO5S. The van der Waals surface area contributed by atoms with Gasteiger partial charge in [0.25, 0.3) is 15.9 Å². The van der Waals surface area contributed by atoms with Crippen molar-refractivity contribution in [1.29, 1.82) is 0 Å². The molecular weight excluding hydrogens is 258 g/mol. The molecule has 2 rings (SSSR count). The summed E-state index contributed by atoms with van der Waals surface area (Å²) in [6, 6.07) is 4.53. The average molecular weight is 269 g/mol. The quantitative estimate of drug-likeness (QED) is 0.861. The van der Waals surface area contributed by atoms with E-state index < -0.39 is 28.4 Å². The molecule has 7 heteroatoms. The topological polar surface area (TPSA) is 91.8 Å². The van der Waals surface area contributed by atoms with Crippen molar-refractivity contribution in [1.82, 2.24) is 4.31 Å². The Morgan fingerprint density at radius 3 is 2.61 bits per heavy atom.